The van der Waals surface area contributed by atoms with Crippen LogP contribution < -0.4 is 0 Å². The largest absolute Gasteiger partial charge is 0.480 e. The molecule has 0 saturated carbocycles. The fourth-order valence-corrected chi connectivity index (χ4v) is 1.93. The van der Waals surface area contributed by atoms with E-state index in [2.05, 4.69) is 0 Å². The van der Waals surface area contributed by atoms with Crippen molar-refractivity contribution < 1.29 is 28.9 Å². The van der Waals surface area contributed by atoms with Gasteiger partial charge in [0, 0.05) is 5.56 Å². The summed E-state index contributed by atoms with van der Waals surface area (Å²) in [5.74, 6) is -2.14. The normalized spacial score (nSPS) is 25.9. The van der Waals surface area contributed by atoms with Crippen molar-refractivity contribution >= 4 is 11.9 Å². The summed E-state index contributed by atoms with van der Waals surface area (Å²) in [6.45, 7) is 1.17. The van der Waals surface area contributed by atoms with Crippen LogP contribution in [0.1, 0.15) is 18.8 Å². The molecule has 1 N–H and O–H groups in total. The van der Waals surface area contributed by atoms with Crippen molar-refractivity contribution in [3.8, 4) is 0 Å². The molecular formula is C14H16O6. The van der Waals surface area contributed by atoms with E-state index in [1.54, 1.807) is 6.92 Å². The van der Waals surface area contributed by atoms with Gasteiger partial charge in [0.2, 0.25) is 5.41 Å². The molecule has 20 heavy (non-hydrogen) atoms. The second-order valence-corrected chi connectivity index (χ2v) is 4.47. The molecule has 1 fully saturated rings. The number of esters is 1. The highest BCUT2D eigenvalue weighted by Crippen LogP contribution is 2.33. The highest BCUT2D eigenvalue weighted by atomic mass is 16.7. The lowest BCUT2D eigenvalue weighted by molar-refractivity contribution is -0.241. The number of aliphatic carboxylic acids is 1. The minimum atomic E-state index is -1.79. The predicted molar refractivity (Wildman–Crippen MR) is 67.8 cm³/mol. The lowest BCUT2D eigenvalue weighted by atomic mass is 9.89. The summed E-state index contributed by atoms with van der Waals surface area (Å²) in [6.07, 6.45) is -0.668. The second kappa shape index (κ2) is 6.02. The molecule has 1 aromatic rings. The molecule has 108 valence electrons. The molecule has 0 atom stereocenters. The van der Waals surface area contributed by atoms with Crippen LogP contribution in [0.15, 0.2) is 30.3 Å². The Morgan fingerprint density at radius 3 is 2.40 bits per heavy atom. The van der Waals surface area contributed by atoms with Gasteiger partial charge in [0.25, 0.3) is 0 Å². The van der Waals surface area contributed by atoms with Gasteiger partial charge in [-0.15, -0.1) is 0 Å². The maximum atomic E-state index is 11.8. The number of carbonyl (C=O) groups is 2. The molecule has 0 aliphatic carbocycles. The summed E-state index contributed by atoms with van der Waals surface area (Å²) >= 11 is 0. The third-order valence-electron chi connectivity index (χ3n) is 3.11. The maximum Gasteiger partial charge on any atom is 0.328 e. The number of benzene rings is 1. The highest BCUT2D eigenvalue weighted by molar-refractivity contribution is 5.99. The summed E-state index contributed by atoms with van der Waals surface area (Å²) < 4.78 is 15.6. The number of ether oxygens (including phenoxy) is 3. The molecule has 0 unspecified atom stereocenters. The first-order valence-corrected chi connectivity index (χ1v) is 6.29. The first kappa shape index (κ1) is 14.5. The summed E-state index contributed by atoms with van der Waals surface area (Å²) in [4.78, 5) is 23.2. The number of carboxylic acid groups (broad SMARTS) is 1. The topological polar surface area (TPSA) is 82.1 Å². The van der Waals surface area contributed by atoms with E-state index >= 15 is 0 Å². The molecule has 0 bridgehead atoms. The van der Waals surface area contributed by atoms with Gasteiger partial charge in [-0.2, -0.15) is 0 Å². The van der Waals surface area contributed by atoms with Crippen LogP contribution in [0.2, 0.25) is 0 Å². The number of hydrogen-bond donors (Lipinski definition) is 1. The molecule has 1 aromatic carbocycles. The van der Waals surface area contributed by atoms with Gasteiger partial charge in [-0.25, -0.2) is 0 Å². The zero-order valence-electron chi connectivity index (χ0n) is 11.1. The fourth-order valence-electron chi connectivity index (χ4n) is 1.93. The molecular weight excluding hydrogens is 264 g/mol. The van der Waals surface area contributed by atoms with Crippen molar-refractivity contribution in [3.05, 3.63) is 35.9 Å². The number of carboxylic acids is 1. The van der Waals surface area contributed by atoms with Crippen LogP contribution in [0.5, 0.6) is 0 Å². The monoisotopic (exact) mass is 280 g/mol. The molecule has 1 saturated heterocycles. The Kier molecular flexibility index (Phi) is 4.36. The molecule has 0 spiro atoms. The van der Waals surface area contributed by atoms with Crippen molar-refractivity contribution in [1.82, 2.24) is 0 Å². The van der Waals surface area contributed by atoms with Crippen LogP contribution in [-0.4, -0.2) is 36.9 Å². The van der Waals surface area contributed by atoms with Gasteiger partial charge >= 0.3 is 11.9 Å². The van der Waals surface area contributed by atoms with Gasteiger partial charge in [-0.3, -0.25) is 9.59 Å². The minimum absolute atomic E-state index is 0.107. The van der Waals surface area contributed by atoms with E-state index in [9.17, 15) is 14.7 Å². The van der Waals surface area contributed by atoms with Gasteiger partial charge in [0.05, 0.1) is 19.8 Å². The van der Waals surface area contributed by atoms with Crippen LogP contribution in [-0.2, 0) is 23.8 Å². The first-order chi connectivity index (χ1) is 9.60. The van der Waals surface area contributed by atoms with E-state index in [4.69, 9.17) is 14.2 Å². The molecule has 0 aromatic heterocycles. The van der Waals surface area contributed by atoms with Gasteiger partial charge in [0.15, 0.2) is 6.29 Å². The minimum Gasteiger partial charge on any atom is -0.480 e. The summed E-state index contributed by atoms with van der Waals surface area (Å²) in [7, 11) is 0. The summed E-state index contributed by atoms with van der Waals surface area (Å²) in [5, 5.41) is 9.28. The quantitative estimate of drug-likeness (QED) is 0.662. The fraction of sp³-hybridized carbons (Fsp3) is 0.429. The molecule has 1 heterocycles. The van der Waals surface area contributed by atoms with Crippen LogP contribution >= 0.6 is 0 Å². The van der Waals surface area contributed by atoms with Gasteiger partial charge < -0.3 is 19.3 Å². The van der Waals surface area contributed by atoms with Crippen LogP contribution in [0.3, 0.4) is 0 Å². The molecule has 1 aliphatic heterocycles. The van der Waals surface area contributed by atoms with E-state index in [0.29, 0.717) is 0 Å². The molecule has 0 radical (unpaired) electrons. The average molecular weight is 280 g/mol. The average Bonchev–Trinajstić information content (AvgIpc) is 2.48. The van der Waals surface area contributed by atoms with E-state index in [-0.39, 0.29) is 19.8 Å². The zero-order chi connectivity index (χ0) is 14.6. The van der Waals surface area contributed by atoms with Crippen molar-refractivity contribution in [3.63, 3.8) is 0 Å². The smallest absolute Gasteiger partial charge is 0.328 e. The van der Waals surface area contributed by atoms with Crippen LogP contribution in [0.25, 0.3) is 0 Å². The van der Waals surface area contributed by atoms with Gasteiger partial charge in [0.1, 0.15) is 0 Å². The lowest BCUT2D eigenvalue weighted by Gasteiger charge is -2.34. The second-order valence-electron chi connectivity index (χ2n) is 4.47. The molecule has 6 nitrogen and oxygen atoms in total. The van der Waals surface area contributed by atoms with E-state index in [1.165, 1.54) is 0 Å². The summed E-state index contributed by atoms with van der Waals surface area (Å²) in [6, 6.07) is 9.12. The van der Waals surface area contributed by atoms with Crippen molar-refractivity contribution in [2.45, 2.75) is 13.2 Å². The Labute approximate surface area is 116 Å². The van der Waals surface area contributed by atoms with Gasteiger partial charge in [-0.05, 0) is 6.92 Å². The number of rotatable bonds is 4. The highest BCUT2D eigenvalue weighted by Gasteiger charge is 2.52. The molecule has 6 heteroatoms. The van der Waals surface area contributed by atoms with E-state index in [1.807, 2.05) is 30.3 Å². The third kappa shape index (κ3) is 2.66. The van der Waals surface area contributed by atoms with Crippen molar-refractivity contribution in [1.29, 1.82) is 0 Å². The summed E-state index contributed by atoms with van der Waals surface area (Å²) in [5.41, 5.74) is -1.02. The maximum absolute atomic E-state index is 11.8. The molecule has 2 rings (SSSR count). The Bertz CT molecular complexity index is 476. The number of hydrogen-bond acceptors (Lipinski definition) is 5. The predicted octanol–water partition coefficient (Wildman–Crippen LogP) is 1.37. The molecule has 0 amide bonds. The first-order valence-electron chi connectivity index (χ1n) is 6.29. The van der Waals surface area contributed by atoms with Crippen molar-refractivity contribution in [2.24, 2.45) is 5.41 Å². The Hall–Kier alpha value is -1.92. The number of carbonyl (C=O) groups excluding carboxylic acids is 1. The van der Waals surface area contributed by atoms with Crippen LogP contribution in [0, 0.1) is 5.41 Å². The van der Waals surface area contributed by atoms with E-state index in [0.717, 1.165) is 5.56 Å². The van der Waals surface area contributed by atoms with Gasteiger partial charge in [-0.1, -0.05) is 30.3 Å². The molecule has 1 aliphatic rings. The van der Waals surface area contributed by atoms with Crippen molar-refractivity contribution in [2.75, 3.05) is 19.8 Å². The Morgan fingerprint density at radius 2 is 1.90 bits per heavy atom. The lowest BCUT2D eigenvalue weighted by Crippen LogP contribution is -2.51. The third-order valence-corrected chi connectivity index (χ3v) is 3.11. The Morgan fingerprint density at radius 1 is 1.30 bits per heavy atom. The zero-order valence-corrected chi connectivity index (χ0v) is 11.1. The Balaban J connectivity index is 2.11. The standard InChI is InChI=1S/C14H16O6/c1-2-18-13(17)14(12(15)16)8-19-11(20-9-14)10-6-4-3-5-7-10/h3-7,11H,2,8-9H2,1H3,(H,15,16). The van der Waals surface area contributed by atoms with Crippen LogP contribution in [0.4, 0.5) is 0 Å². The SMILES string of the molecule is CCOC(=O)C1(C(=O)O)COC(c2ccccc2)OC1. The van der Waals surface area contributed by atoms with E-state index < -0.39 is 23.6 Å².